The zero-order valence-electron chi connectivity index (χ0n) is 8.61. The highest BCUT2D eigenvalue weighted by Gasteiger charge is 2.27. The molecule has 4 nitrogen and oxygen atoms in total. The fourth-order valence-electron chi connectivity index (χ4n) is 1.98. The Morgan fingerprint density at radius 3 is 3.13 bits per heavy atom. The van der Waals surface area contributed by atoms with Gasteiger partial charge >= 0.3 is 0 Å². The molecule has 0 aliphatic heterocycles. The summed E-state index contributed by atoms with van der Waals surface area (Å²) in [6.45, 7) is 0. The molecule has 1 aliphatic carbocycles. The largest absolute Gasteiger partial charge is 0.379 e. The highest BCUT2D eigenvalue weighted by atomic mass is 35.5. The molecule has 0 saturated heterocycles. The molecule has 2 unspecified atom stereocenters. The predicted molar refractivity (Wildman–Crippen MR) is 59.1 cm³/mol. The monoisotopic (exact) mass is 227 g/mol. The molecule has 2 rings (SSSR count). The minimum absolute atomic E-state index is 0.270. The standard InChI is InChI=1S/C10H14ClN3O/c1-15-8-4-2-3-7(8)13-9-5-6-12-10(11)14-9/h5-8H,2-4H2,1H3,(H,12,13,14). The Bertz CT molecular complexity index is 334. The summed E-state index contributed by atoms with van der Waals surface area (Å²) < 4.78 is 5.39. The number of nitrogens with zero attached hydrogens (tertiary/aromatic N) is 2. The predicted octanol–water partition coefficient (Wildman–Crippen LogP) is 2.11. The summed E-state index contributed by atoms with van der Waals surface area (Å²) in [7, 11) is 1.75. The Morgan fingerprint density at radius 2 is 2.40 bits per heavy atom. The molecule has 0 bridgehead atoms. The van der Waals surface area contributed by atoms with Gasteiger partial charge in [0.25, 0.3) is 0 Å². The maximum absolute atomic E-state index is 5.71. The molecule has 5 heteroatoms. The van der Waals surface area contributed by atoms with Crippen molar-refractivity contribution in [3.05, 3.63) is 17.5 Å². The van der Waals surface area contributed by atoms with Crippen molar-refractivity contribution < 1.29 is 4.74 Å². The molecule has 0 spiro atoms. The summed E-state index contributed by atoms with van der Waals surface area (Å²) in [4.78, 5) is 7.93. The summed E-state index contributed by atoms with van der Waals surface area (Å²) in [6, 6.07) is 2.15. The molecule has 82 valence electrons. The van der Waals surface area contributed by atoms with E-state index in [1.54, 1.807) is 13.3 Å². The molecule has 0 aromatic carbocycles. The van der Waals surface area contributed by atoms with Gasteiger partial charge in [0.05, 0.1) is 12.1 Å². The van der Waals surface area contributed by atoms with E-state index in [9.17, 15) is 0 Å². The molecule has 1 aliphatic rings. The lowest BCUT2D eigenvalue weighted by Crippen LogP contribution is -2.30. The van der Waals surface area contributed by atoms with Crippen molar-refractivity contribution in [2.75, 3.05) is 12.4 Å². The van der Waals surface area contributed by atoms with E-state index in [1.807, 2.05) is 6.07 Å². The number of anilines is 1. The number of hydrogen-bond donors (Lipinski definition) is 1. The van der Waals surface area contributed by atoms with Crippen LogP contribution in [-0.2, 0) is 4.74 Å². The van der Waals surface area contributed by atoms with Crippen LogP contribution < -0.4 is 5.32 Å². The molecule has 1 N–H and O–H groups in total. The highest BCUT2D eigenvalue weighted by molar-refractivity contribution is 6.28. The van der Waals surface area contributed by atoms with Gasteiger partial charge in [-0.25, -0.2) is 9.97 Å². The third-order valence-electron chi connectivity index (χ3n) is 2.71. The maximum Gasteiger partial charge on any atom is 0.224 e. The first-order chi connectivity index (χ1) is 7.29. The van der Waals surface area contributed by atoms with Crippen molar-refractivity contribution in [3.8, 4) is 0 Å². The number of ether oxygens (including phenoxy) is 1. The first-order valence-electron chi connectivity index (χ1n) is 5.07. The molecular formula is C10H14ClN3O. The SMILES string of the molecule is COC1CCCC1Nc1ccnc(Cl)n1. The van der Waals surface area contributed by atoms with Gasteiger partial charge in [-0.2, -0.15) is 0 Å². The number of rotatable bonds is 3. The third kappa shape index (κ3) is 2.58. The van der Waals surface area contributed by atoms with E-state index < -0.39 is 0 Å². The number of methoxy groups -OCH3 is 1. The van der Waals surface area contributed by atoms with Crippen molar-refractivity contribution in [2.45, 2.75) is 31.4 Å². The average Bonchev–Trinajstić information content (AvgIpc) is 2.65. The number of halogens is 1. The van der Waals surface area contributed by atoms with Gasteiger partial charge in [-0.05, 0) is 36.9 Å². The van der Waals surface area contributed by atoms with Gasteiger partial charge in [0.2, 0.25) is 5.28 Å². The second-order valence-electron chi connectivity index (χ2n) is 3.67. The summed E-state index contributed by atoms with van der Waals surface area (Å²) in [5.41, 5.74) is 0. The molecule has 1 heterocycles. The molecule has 15 heavy (non-hydrogen) atoms. The van der Waals surface area contributed by atoms with Crippen molar-refractivity contribution in [1.82, 2.24) is 9.97 Å². The van der Waals surface area contributed by atoms with Crippen LogP contribution >= 0.6 is 11.6 Å². The lowest BCUT2D eigenvalue weighted by atomic mass is 10.2. The smallest absolute Gasteiger partial charge is 0.224 e. The van der Waals surface area contributed by atoms with E-state index in [0.29, 0.717) is 6.04 Å². The van der Waals surface area contributed by atoms with E-state index in [1.165, 1.54) is 6.42 Å². The summed E-state index contributed by atoms with van der Waals surface area (Å²) in [6.07, 6.45) is 5.33. The van der Waals surface area contributed by atoms with Crippen LogP contribution in [0.25, 0.3) is 0 Å². The van der Waals surface area contributed by atoms with Crippen molar-refractivity contribution in [1.29, 1.82) is 0 Å². The van der Waals surface area contributed by atoms with Crippen LogP contribution in [0.4, 0.5) is 5.82 Å². The number of nitrogens with one attached hydrogen (secondary N) is 1. The minimum atomic E-state index is 0.270. The normalized spacial score (nSPS) is 25.5. The van der Waals surface area contributed by atoms with E-state index >= 15 is 0 Å². The summed E-state index contributed by atoms with van der Waals surface area (Å²) >= 11 is 5.71. The fourth-order valence-corrected chi connectivity index (χ4v) is 2.13. The molecular weight excluding hydrogens is 214 g/mol. The van der Waals surface area contributed by atoms with Crippen LogP contribution in [0.5, 0.6) is 0 Å². The van der Waals surface area contributed by atoms with Crippen molar-refractivity contribution >= 4 is 17.4 Å². The van der Waals surface area contributed by atoms with Crippen molar-refractivity contribution in [3.63, 3.8) is 0 Å². The van der Waals surface area contributed by atoms with Crippen LogP contribution in [0.3, 0.4) is 0 Å². The summed E-state index contributed by atoms with van der Waals surface area (Å²) in [5, 5.41) is 3.59. The van der Waals surface area contributed by atoms with E-state index in [0.717, 1.165) is 18.7 Å². The second kappa shape index (κ2) is 4.77. The van der Waals surface area contributed by atoms with Gasteiger partial charge in [-0.1, -0.05) is 0 Å². The second-order valence-corrected chi connectivity index (χ2v) is 4.00. The Labute approximate surface area is 94.0 Å². The van der Waals surface area contributed by atoms with Crippen LogP contribution in [0, 0.1) is 0 Å². The Morgan fingerprint density at radius 1 is 1.53 bits per heavy atom. The molecule has 0 amide bonds. The van der Waals surface area contributed by atoms with Crippen LogP contribution in [0.2, 0.25) is 5.28 Å². The molecule has 1 aromatic heterocycles. The van der Waals surface area contributed by atoms with E-state index in [4.69, 9.17) is 16.3 Å². The first-order valence-corrected chi connectivity index (χ1v) is 5.45. The molecule has 2 atom stereocenters. The molecule has 1 aromatic rings. The Balaban J connectivity index is 2.02. The van der Waals surface area contributed by atoms with E-state index in [-0.39, 0.29) is 11.4 Å². The fraction of sp³-hybridized carbons (Fsp3) is 0.600. The molecule has 0 radical (unpaired) electrons. The lowest BCUT2D eigenvalue weighted by Gasteiger charge is -2.19. The maximum atomic E-state index is 5.71. The zero-order chi connectivity index (χ0) is 10.7. The zero-order valence-corrected chi connectivity index (χ0v) is 9.37. The van der Waals surface area contributed by atoms with Gasteiger partial charge in [0.1, 0.15) is 5.82 Å². The number of hydrogen-bond acceptors (Lipinski definition) is 4. The Kier molecular flexibility index (Phi) is 3.38. The minimum Gasteiger partial charge on any atom is -0.379 e. The quantitative estimate of drug-likeness (QED) is 0.804. The van der Waals surface area contributed by atoms with Gasteiger partial charge in [-0.15, -0.1) is 0 Å². The Hall–Kier alpha value is -0.870. The summed E-state index contributed by atoms with van der Waals surface area (Å²) in [5.74, 6) is 0.768. The average molecular weight is 228 g/mol. The first kappa shape index (κ1) is 10.6. The molecule has 1 fully saturated rings. The van der Waals surface area contributed by atoms with Gasteiger partial charge < -0.3 is 10.1 Å². The van der Waals surface area contributed by atoms with Gasteiger partial charge in [-0.3, -0.25) is 0 Å². The van der Waals surface area contributed by atoms with Crippen LogP contribution in [-0.4, -0.2) is 29.2 Å². The van der Waals surface area contributed by atoms with Crippen LogP contribution in [0.15, 0.2) is 12.3 Å². The van der Waals surface area contributed by atoms with Gasteiger partial charge in [0, 0.05) is 13.3 Å². The number of aromatic nitrogens is 2. The van der Waals surface area contributed by atoms with E-state index in [2.05, 4.69) is 15.3 Å². The lowest BCUT2D eigenvalue weighted by molar-refractivity contribution is 0.101. The molecule has 1 saturated carbocycles. The third-order valence-corrected chi connectivity index (χ3v) is 2.90. The van der Waals surface area contributed by atoms with Crippen molar-refractivity contribution in [2.24, 2.45) is 0 Å². The van der Waals surface area contributed by atoms with Crippen LogP contribution in [0.1, 0.15) is 19.3 Å². The topological polar surface area (TPSA) is 47.0 Å². The highest BCUT2D eigenvalue weighted by Crippen LogP contribution is 2.24. The van der Waals surface area contributed by atoms with Gasteiger partial charge in [0.15, 0.2) is 0 Å².